The lowest BCUT2D eigenvalue weighted by Gasteiger charge is -2.36. The molecule has 3 aromatic rings. The van der Waals surface area contributed by atoms with Crippen LogP contribution in [-0.4, -0.2) is 49.7 Å². The predicted octanol–water partition coefficient (Wildman–Crippen LogP) is 1.10. The van der Waals surface area contributed by atoms with E-state index >= 15 is 0 Å². The van der Waals surface area contributed by atoms with E-state index in [4.69, 9.17) is 4.98 Å². The molecule has 5 rings (SSSR count). The number of rotatable bonds is 3. The molecule has 0 aliphatic carbocycles. The lowest BCUT2D eigenvalue weighted by Crippen LogP contribution is -2.48. The molecule has 2 atom stereocenters. The Labute approximate surface area is 156 Å². The topological polar surface area (TPSA) is 80.0 Å². The van der Waals surface area contributed by atoms with E-state index in [2.05, 4.69) is 30.8 Å². The molecule has 2 aliphatic heterocycles. The number of hydrogen-bond donors (Lipinski definition) is 0. The molecule has 2 bridgehead atoms. The van der Waals surface area contributed by atoms with Gasteiger partial charge < -0.3 is 9.80 Å². The van der Waals surface area contributed by atoms with Gasteiger partial charge in [0.2, 0.25) is 5.95 Å². The van der Waals surface area contributed by atoms with Crippen LogP contribution < -0.4 is 15.4 Å². The summed E-state index contributed by atoms with van der Waals surface area (Å²) < 4.78 is 1.62. The maximum Gasteiger partial charge on any atom is 0.255 e. The Hall–Kier alpha value is -3.29. The molecule has 1 unspecified atom stereocenters. The highest BCUT2D eigenvalue weighted by atomic mass is 16.1. The molecular formula is C19H19N7O. The number of piperazine rings is 1. The molecule has 27 heavy (non-hydrogen) atoms. The molecule has 5 heterocycles. The highest BCUT2D eigenvalue weighted by Crippen LogP contribution is 2.36. The van der Waals surface area contributed by atoms with Crippen LogP contribution >= 0.6 is 0 Å². The molecule has 3 aromatic heterocycles. The number of hydrogen-bond acceptors (Lipinski definition) is 7. The summed E-state index contributed by atoms with van der Waals surface area (Å²) in [5.41, 5.74) is 2.31. The third-order valence-electron chi connectivity index (χ3n) is 5.43. The monoisotopic (exact) mass is 361 g/mol. The Balaban J connectivity index is 1.47. The van der Waals surface area contributed by atoms with Gasteiger partial charge in [-0.2, -0.15) is 0 Å². The zero-order valence-electron chi connectivity index (χ0n) is 14.9. The molecule has 0 amide bonds. The van der Waals surface area contributed by atoms with Crippen LogP contribution in [0.4, 0.5) is 11.6 Å². The van der Waals surface area contributed by atoms with E-state index in [0.717, 1.165) is 25.2 Å². The van der Waals surface area contributed by atoms with E-state index in [1.165, 1.54) is 12.4 Å². The zero-order valence-corrected chi connectivity index (χ0v) is 14.9. The quantitative estimate of drug-likeness (QED) is 0.691. The van der Waals surface area contributed by atoms with Crippen molar-refractivity contribution in [3.8, 4) is 11.4 Å². The van der Waals surface area contributed by atoms with Gasteiger partial charge >= 0.3 is 0 Å². The van der Waals surface area contributed by atoms with Crippen molar-refractivity contribution in [3.63, 3.8) is 0 Å². The highest BCUT2D eigenvalue weighted by molar-refractivity contribution is 5.57. The Bertz CT molecular complexity index is 1020. The Morgan fingerprint density at radius 3 is 2.59 bits per heavy atom. The summed E-state index contributed by atoms with van der Waals surface area (Å²) in [5, 5.41) is 0. The molecule has 0 saturated carbocycles. The minimum Gasteiger partial charge on any atom is -0.363 e. The first-order valence-electron chi connectivity index (χ1n) is 8.98. The van der Waals surface area contributed by atoms with Crippen LogP contribution in [0, 0.1) is 0 Å². The second-order valence-corrected chi connectivity index (χ2v) is 6.99. The Kier molecular flexibility index (Phi) is 3.63. The van der Waals surface area contributed by atoms with Gasteiger partial charge in [0, 0.05) is 44.6 Å². The van der Waals surface area contributed by atoms with Gasteiger partial charge in [-0.1, -0.05) is 0 Å². The van der Waals surface area contributed by atoms with Gasteiger partial charge in [-0.25, -0.2) is 15.0 Å². The largest absolute Gasteiger partial charge is 0.363 e. The van der Waals surface area contributed by atoms with Crippen LogP contribution in [0.3, 0.4) is 0 Å². The fraction of sp³-hybridized carbons (Fsp3) is 0.316. The molecule has 0 N–H and O–H groups in total. The second-order valence-electron chi connectivity index (χ2n) is 6.99. The summed E-state index contributed by atoms with van der Waals surface area (Å²) in [5.74, 6) is 0.703. The maximum atomic E-state index is 12.5. The smallest absolute Gasteiger partial charge is 0.255 e. The lowest BCUT2D eigenvalue weighted by molar-refractivity contribution is 0.614. The summed E-state index contributed by atoms with van der Waals surface area (Å²) in [6, 6.07) is 8.10. The highest BCUT2D eigenvalue weighted by Gasteiger charge is 2.44. The zero-order chi connectivity index (χ0) is 18.4. The lowest BCUT2D eigenvalue weighted by atomic mass is 10.2. The SMILES string of the molecule is Cn1c(N2CC3C[C@@H]2CN3c2cccnc2)nc(-c2ccncn2)cc1=O. The van der Waals surface area contributed by atoms with Crippen molar-refractivity contribution < 1.29 is 0 Å². The summed E-state index contributed by atoms with van der Waals surface area (Å²) in [4.78, 5) is 34.3. The van der Waals surface area contributed by atoms with Gasteiger partial charge in [0.25, 0.3) is 5.56 Å². The van der Waals surface area contributed by atoms with Crippen molar-refractivity contribution >= 4 is 11.6 Å². The number of fused-ring (bicyclic) bond motifs is 2. The first kappa shape index (κ1) is 15.9. The van der Waals surface area contributed by atoms with Crippen LogP contribution in [0.5, 0.6) is 0 Å². The molecule has 2 fully saturated rings. The molecule has 8 heteroatoms. The molecular weight excluding hydrogens is 342 g/mol. The average Bonchev–Trinajstić information content (AvgIpc) is 3.32. The summed E-state index contributed by atoms with van der Waals surface area (Å²) in [6.07, 6.45) is 7.89. The van der Waals surface area contributed by atoms with Crippen molar-refractivity contribution in [2.24, 2.45) is 7.05 Å². The number of anilines is 2. The van der Waals surface area contributed by atoms with E-state index in [9.17, 15) is 4.79 Å². The van der Waals surface area contributed by atoms with Crippen LogP contribution in [-0.2, 0) is 7.05 Å². The first-order chi connectivity index (χ1) is 13.2. The second kappa shape index (κ2) is 6.15. The van der Waals surface area contributed by atoms with E-state index in [1.54, 1.807) is 30.1 Å². The van der Waals surface area contributed by atoms with Crippen molar-refractivity contribution in [1.82, 2.24) is 24.5 Å². The van der Waals surface area contributed by atoms with Gasteiger partial charge in [0.15, 0.2) is 0 Å². The van der Waals surface area contributed by atoms with E-state index in [1.807, 2.05) is 12.3 Å². The maximum absolute atomic E-state index is 12.5. The van der Waals surface area contributed by atoms with Crippen molar-refractivity contribution in [2.75, 3.05) is 22.9 Å². The molecule has 2 aliphatic rings. The van der Waals surface area contributed by atoms with Crippen LogP contribution in [0.2, 0.25) is 0 Å². The van der Waals surface area contributed by atoms with E-state index in [0.29, 0.717) is 29.4 Å². The van der Waals surface area contributed by atoms with Crippen LogP contribution in [0.15, 0.2) is 54.0 Å². The Morgan fingerprint density at radius 1 is 1.04 bits per heavy atom. The predicted molar refractivity (Wildman–Crippen MR) is 102 cm³/mol. The van der Waals surface area contributed by atoms with Crippen molar-refractivity contribution in [1.29, 1.82) is 0 Å². The Morgan fingerprint density at radius 2 is 1.89 bits per heavy atom. The molecule has 2 saturated heterocycles. The van der Waals surface area contributed by atoms with E-state index in [-0.39, 0.29) is 5.56 Å². The molecule has 0 spiro atoms. The van der Waals surface area contributed by atoms with Gasteiger partial charge in [-0.05, 0) is 24.6 Å². The number of pyridine rings is 1. The summed E-state index contributed by atoms with van der Waals surface area (Å²) in [6.45, 7) is 1.75. The standard InChI is InChI=1S/C19H19N7O/c1-24-18(27)8-17(16-4-6-21-12-22-16)23-19(24)26-11-14-7-15(26)10-25(14)13-3-2-5-20-9-13/h2-6,8-9,12,14-15H,7,10-11H2,1H3/t14?,15-/m1/s1. The average molecular weight is 361 g/mol. The third-order valence-corrected chi connectivity index (χ3v) is 5.43. The fourth-order valence-electron chi connectivity index (χ4n) is 4.11. The van der Waals surface area contributed by atoms with Gasteiger partial charge in [0.1, 0.15) is 6.33 Å². The van der Waals surface area contributed by atoms with Crippen molar-refractivity contribution in [3.05, 3.63) is 59.5 Å². The summed E-state index contributed by atoms with van der Waals surface area (Å²) in [7, 11) is 1.78. The minimum atomic E-state index is -0.0829. The first-order valence-corrected chi connectivity index (χ1v) is 8.98. The van der Waals surface area contributed by atoms with Gasteiger partial charge in [-0.15, -0.1) is 0 Å². The third kappa shape index (κ3) is 2.64. The molecule has 136 valence electrons. The fourth-order valence-corrected chi connectivity index (χ4v) is 4.11. The van der Waals surface area contributed by atoms with Crippen molar-refractivity contribution in [2.45, 2.75) is 18.5 Å². The van der Waals surface area contributed by atoms with Gasteiger partial charge in [-0.3, -0.25) is 14.3 Å². The van der Waals surface area contributed by atoms with Crippen LogP contribution in [0.1, 0.15) is 6.42 Å². The molecule has 8 nitrogen and oxygen atoms in total. The minimum absolute atomic E-state index is 0.0829. The molecule has 0 aromatic carbocycles. The normalized spacial score (nSPS) is 21.1. The van der Waals surface area contributed by atoms with Crippen LogP contribution in [0.25, 0.3) is 11.4 Å². The van der Waals surface area contributed by atoms with Gasteiger partial charge in [0.05, 0.1) is 29.3 Å². The van der Waals surface area contributed by atoms with E-state index < -0.39 is 0 Å². The molecule has 0 radical (unpaired) electrons. The number of nitrogens with zero attached hydrogens (tertiary/aromatic N) is 7. The summed E-state index contributed by atoms with van der Waals surface area (Å²) >= 11 is 0. The number of aromatic nitrogens is 5.